The maximum atomic E-state index is 11.7. The highest BCUT2D eigenvalue weighted by Crippen LogP contribution is 2.19. The largest absolute Gasteiger partial charge is 0.502 e. The van der Waals surface area contributed by atoms with Crippen molar-refractivity contribution >= 4 is 20.5 Å². The predicted molar refractivity (Wildman–Crippen MR) is 107 cm³/mol. The van der Waals surface area contributed by atoms with Gasteiger partial charge in [-0.25, -0.2) is 4.79 Å². The highest BCUT2D eigenvalue weighted by molar-refractivity contribution is 6.60. The van der Waals surface area contributed by atoms with E-state index in [-0.39, 0.29) is 12.4 Å². The van der Waals surface area contributed by atoms with Gasteiger partial charge in [0.2, 0.25) is 0 Å². The zero-order valence-electron chi connectivity index (χ0n) is 16.6. The van der Waals surface area contributed by atoms with Crippen molar-refractivity contribution in [3.05, 3.63) is 42.2 Å². The maximum Gasteiger partial charge on any atom is 0.500 e. The molecule has 0 atom stereocenters. The summed E-state index contributed by atoms with van der Waals surface area (Å²) in [6.07, 6.45) is 2.95. The second-order valence-electron chi connectivity index (χ2n) is 5.91. The Balaban J connectivity index is 2.76. The lowest BCUT2D eigenvalue weighted by atomic mass is 10.2. The van der Waals surface area contributed by atoms with Crippen LogP contribution in [0, 0.1) is 0 Å². The minimum atomic E-state index is -2.63. The van der Waals surface area contributed by atoms with Crippen molar-refractivity contribution in [3.63, 3.8) is 0 Å². The van der Waals surface area contributed by atoms with Crippen molar-refractivity contribution in [1.82, 2.24) is 0 Å². The first-order chi connectivity index (χ1) is 13.0. The monoisotopic (exact) mass is 397 g/mol. The third kappa shape index (κ3) is 7.72. The number of ether oxygens (including phenoxy) is 1. The lowest BCUT2D eigenvalue weighted by Crippen LogP contribution is -2.43. The molecule has 1 rings (SSSR count). The maximum absolute atomic E-state index is 11.7. The van der Waals surface area contributed by atoms with Crippen LogP contribution in [0.15, 0.2) is 42.2 Å². The SMILES string of the molecule is CCCOC(=O)C(O)=CCN(CCC[Si](OC)(OC)OC)c1ccccc1. The molecule has 0 saturated heterocycles. The van der Waals surface area contributed by atoms with Crippen LogP contribution in [0.5, 0.6) is 0 Å². The molecule has 8 heteroatoms. The molecule has 0 aliphatic carbocycles. The summed E-state index contributed by atoms with van der Waals surface area (Å²) in [4.78, 5) is 13.8. The van der Waals surface area contributed by atoms with Gasteiger partial charge in [-0.3, -0.25) is 0 Å². The average molecular weight is 398 g/mol. The number of aliphatic hydroxyl groups excluding tert-OH is 1. The van der Waals surface area contributed by atoms with Crippen molar-refractivity contribution in [2.75, 3.05) is 45.9 Å². The summed E-state index contributed by atoms with van der Waals surface area (Å²) in [7, 11) is 2.15. The molecule has 1 aromatic carbocycles. The molecule has 0 heterocycles. The number of rotatable bonds is 13. The summed E-state index contributed by atoms with van der Waals surface area (Å²) < 4.78 is 21.3. The highest BCUT2D eigenvalue weighted by Gasteiger charge is 2.37. The van der Waals surface area contributed by atoms with E-state index < -0.39 is 14.8 Å². The highest BCUT2D eigenvalue weighted by atomic mass is 28.4. The summed E-state index contributed by atoms with van der Waals surface area (Å²) in [6.45, 7) is 3.24. The summed E-state index contributed by atoms with van der Waals surface area (Å²) in [6, 6.07) is 10.5. The average Bonchev–Trinajstić information content (AvgIpc) is 2.72. The summed E-state index contributed by atoms with van der Waals surface area (Å²) >= 11 is 0. The van der Waals surface area contributed by atoms with E-state index in [9.17, 15) is 9.90 Å². The lowest BCUT2D eigenvalue weighted by Gasteiger charge is -2.27. The minimum Gasteiger partial charge on any atom is -0.502 e. The van der Waals surface area contributed by atoms with Gasteiger partial charge in [-0.2, -0.15) is 0 Å². The zero-order valence-corrected chi connectivity index (χ0v) is 17.6. The first kappa shape index (κ1) is 23.2. The van der Waals surface area contributed by atoms with Crippen LogP contribution in [0.25, 0.3) is 0 Å². The molecule has 1 aromatic rings. The molecule has 0 aromatic heterocycles. The molecular formula is C19H31NO6Si. The van der Waals surface area contributed by atoms with E-state index in [0.29, 0.717) is 25.6 Å². The summed E-state index contributed by atoms with van der Waals surface area (Å²) in [5.74, 6) is -1.08. The van der Waals surface area contributed by atoms with E-state index in [1.165, 1.54) is 6.08 Å². The quantitative estimate of drug-likeness (QED) is 0.237. The molecule has 0 aliphatic heterocycles. The van der Waals surface area contributed by atoms with E-state index in [4.69, 9.17) is 18.0 Å². The summed E-state index contributed by atoms with van der Waals surface area (Å²) in [5, 5.41) is 9.92. The molecule has 0 amide bonds. The number of para-hydroxylation sites is 1. The molecule has 7 nitrogen and oxygen atoms in total. The molecule has 0 saturated carbocycles. The fourth-order valence-corrected chi connectivity index (χ4v) is 4.26. The molecule has 0 radical (unpaired) electrons. The lowest BCUT2D eigenvalue weighted by molar-refractivity contribution is -0.142. The Labute approximate surface area is 162 Å². The van der Waals surface area contributed by atoms with Gasteiger partial charge in [0.1, 0.15) is 0 Å². The van der Waals surface area contributed by atoms with Crippen LogP contribution in [0.4, 0.5) is 5.69 Å². The standard InChI is InChI=1S/C19H31NO6Si/c1-5-15-26-19(22)18(21)12-14-20(17-10-7-6-8-11-17)13-9-16-27(23-2,24-3)25-4/h6-8,10-12,21H,5,9,13-16H2,1-4H3. The van der Waals surface area contributed by atoms with Crippen molar-refractivity contribution in [2.24, 2.45) is 0 Å². The Morgan fingerprint density at radius 3 is 2.33 bits per heavy atom. The van der Waals surface area contributed by atoms with Gasteiger partial charge in [0.05, 0.1) is 6.61 Å². The number of nitrogens with zero attached hydrogens (tertiary/aromatic N) is 1. The van der Waals surface area contributed by atoms with Crippen LogP contribution in [-0.2, 0) is 22.8 Å². The van der Waals surface area contributed by atoms with Crippen LogP contribution in [0.2, 0.25) is 6.04 Å². The van der Waals surface area contributed by atoms with Crippen molar-refractivity contribution in [3.8, 4) is 0 Å². The Hall–Kier alpha value is -1.87. The van der Waals surface area contributed by atoms with Crippen LogP contribution in [-0.4, -0.2) is 60.9 Å². The van der Waals surface area contributed by atoms with Crippen LogP contribution in [0.3, 0.4) is 0 Å². The number of anilines is 1. The number of hydrogen-bond donors (Lipinski definition) is 1. The van der Waals surface area contributed by atoms with Crippen molar-refractivity contribution in [1.29, 1.82) is 0 Å². The van der Waals surface area contributed by atoms with Crippen LogP contribution in [0.1, 0.15) is 19.8 Å². The van der Waals surface area contributed by atoms with E-state index in [0.717, 1.165) is 12.1 Å². The molecule has 0 aliphatic rings. The van der Waals surface area contributed by atoms with Gasteiger partial charge in [-0.05, 0) is 31.1 Å². The summed E-state index contributed by atoms with van der Waals surface area (Å²) in [5.41, 5.74) is 0.989. The number of carbonyl (C=O) groups is 1. The second kappa shape index (κ2) is 12.5. The fourth-order valence-electron chi connectivity index (χ4n) is 2.56. The van der Waals surface area contributed by atoms with Crippen LogP contribution < -0.4 is 4.90 Å². The molecule has 0 fully saturated rings. The molecular weight excluding hydrogens is 366 g/mol. The Morgan fingerprint density at radius 1 is 1.15 bits per heavy atom. The molecule has 0 unspecified atom stereocenters. The van der Waals surface area contributed by atoms with Gasteiger partial charge in [-0.1, -0.05) is 25.1 Å². The third-order valence-corrected chi connectivity index (χ3v) is 6.95. The van der Waals surface area contributed by atoms with E-state index in [1.54, 1.807) is 21.3 Å². The molecule has 1 N–H and O–H groups in total. The smallest absolute Gasteiger partial charge is 0.500 e. The van der Waals surface area contributed by atoms with Gasteiger partial charge < -0.3 is 28.0 Å². The van der Waals surface area contributed by atoms with Crippen LogP contribution >= 0.6 is 0 Å². The van der Waals surface area contributed by atoms with Gasteiger partial charge >= 0.3 is 14.8 Å². The van der Waals surface area contributed by atoms with Gasteiger partial charge in [0.15, 0.2) is 5.76 Å². The molecule has 27 heavy (non-hydrogen) atoms. The zero-order chi connectivity index (χ0) is 20.1. The number of esters is 1. The van der Waals surface area contributed by atoms with E-state index >= 15 is 0 Å². The van der Waals surface area contributed by atoms with Gasteiger partial charge in [0.25, 0.3) is 0 Å². The van der Waals surface area contributed by atoms with Crippen molar-refractivity contribution < 1.29 is 27.9 Å². The second-order valence-corrected chi connectivity index (χ2v) is 9.00. The minimum absolute atomic E-state index is 0.289. The Kier molecular flexibility index (Phi) is 10.7. The van der Waals surface area contributed by atoms with E-state index in [1.807, 2.05) is 37.3 Å². The molecule has 0 bridgehead atoms. The van der Waals surface area contributed by atoms with Crippen molar-refractivity contribution in [2.45, 2.75) is 25.8 Å². The topological polar surface area (TPSA) is 77.5 Å². The first-order valence-electron chi connectivity index (χ1n) is 9.03. The first-order valence-corrected chi connectivity index (χ1v) is 11.0. The number of carbonyl (C=O) groups excluding carboxylic acids is 1. The molecule has 0 spiro atoms. The fraction of sp³-hybridized carbons (Fsp3) is 0.526. The van der Waals surface area contributed by atoms with Gasteiger partial charge in [-0.15, -0.1) is 0 Å². The third-order valence-electron chi connectivity index (χ3n) is 4.12. The normalized spacial score (nSPS) is 12.1. The van der Waals surface area contributed by atoms with Gasteiger partial charge in [0, 0.05) is 46.2 Å². The number of hydrogen-bond acceptors (Lipinski definition) is 7. The number of benzene rings is 1. The van der Waals surface area contributed by atoms with E-state index in [2.05, 4.69) is 4.90 Å². The Morgan fingerprint density at radius 2 is 1.78 bits per heavy atom. The number of aliphatic hydroxyl groups is 1. The molecule has 152 valence electrons. The predicted octanol–water partition coefficient (Wildman–Crippen LogP) is 3.16. The Bertz CT molecular complexity index is 569.